The Balaban J connectivity index is 2.67. The molecule has 1 amide bonds. The van der Waals surface area contributed by atoms with Crippen LogP contribution < -0.4 is 5.32 Å². The molecule has 6 heteroatoms. The molecule has 0 saturated heterocycles. The lowest BCUT2D eigenvalue weighted by molar-refractivity contribution is -0.119. The van der Waals surface area contributed by atoms with Crippen LogP contribution in [0.15, 0.2) is 17.8 Å². The molecule has 0 saturated carbocycles. The predicted molar refractivity (Wildman–Crippen MR) is 87.5 cm³/mol. The molecule has 0 unspecified atom stereocenters. The minimum Gasteiger partial charge on any atom is -0.351 e. The third-order valence-corrected chi connectivity index (χ3v) is 3.67. The smallest absolute Gasteiger partial charge is 0.230 e. The summed E-state index contributed by atoms with van der Waals surface area (Å²) in [5, 5.41) is 12.2. The van der Waals surface area contributed by atoms with Crippen molar-refractivity contribution < 1.29 is 4.79 Å². The Bertz CT molecular complexity index is 477. The lowest BCUT2D eigenvalue weighted by Crippen LogP contribution is -2.41. The zero-order valence-corrected chi connectivity index (χ0v) is 14.3. The molecule has 0 spiro atoms. The van der Waals surface area contributed by atoms with E-state index in [4.69, 9.17) is 0 Å². The maximum Gasteiger partial charge on any atom is 0.230 e. The van der Waals surface area contributed by atoms with E-state index in [1.807, 2.05) is 31.4 Å². The van der Waals surface area contributed by atoms with Gasteiger partial charge in [0, 0.05) is 18.5 Å². The largest absolute Gasteiger partial charge is 0.351 e. The molecule has 0 atom stereocenters. The second-order valence-corrected chi connectivity index (χ2v) is 6.93. The molecule has 0 aliphatic carbocycles. The molecule has 0 aliphatic heterocycles. The monoisotopic (exact) mass is 310 g/mol. The summed E-state index contributed by atoms with van der Waals surface area (Å²) < 4.78 is 2.04. The van der Waals surface area contributed by atoms with Crippen molar-refractivity contribution in [2.24, 2.45) is 0 Å². The summed E-state index contributed by atoms with van der Waals surface area (Å²) in [4.78, 5) is 11.9. The molecule has 1 heterocycles. The van der Waals surface area contributed by atoms with E-state index < -0.39 is 0 Å². The van der Waals surface area contributed by atoms with E-state index >= 15 is 0 Å². The van der Waals surface area contributed by atoms with Crippen LogP contribution in [0.2, 0.25) is 0 Å². The standard InChI is InChI=1S/C15H26N4OS/c1-6-8-9-12-17-18-14(19(12)10-7-2)21-11-13(20)16-15(3,4)5/h7H,2,6,8-11H2,1,3-5H3,(H,16,20). The quantitative estimate of drug-likeness (QED) is 0.592. The van der Waals surface area contributed by atoms with Gasteiger partial charge >= 0.3 is 0 Å². The van der Waals surface area contributed by atoms with E-state index in [2.05, 4.69) is 29.0 Å². The Morgan fingerprint density at radius 2 is 2.14 bits per heavy atom. The average Bonchev–Trinajstić information content (AvgIpc) is 2.75. The highest BCUT2D eigenvalue weighted by atomic mass is 32.2. The van der Waals surface area contributed by atoms with E-state index in [9.17, 15) is 4.79 Å². The first-order valence-corrected chi connectivity index (χ1v) is 8.32. The number of unbranched alkanes of at least 4 members (excludes halogenated alkanes) is 1. The summed E-state index contributed by atoms with van der Waals surface area (Å²) in [7, 11) is 0. The van der Waals surface area contributed by atoms with E-state index in [0.29, 0.717) is 12.3 Å². The van der Waals surface area contributed by atoms with Gasteiger partial charge in [-0.1, -0.05) is 31.2 Å². The molecule has 0 aromatic carbocycles. The van der Waals surface area contributed by atoms with Crippen molar-refractivity contribution in [2.45, 2.75) is 64.2 Å². The molecule has 1 rings (SSSR count). The SMILES string of the molecule is C=CCn1c(CCCC)nnc1SCC(=O)NC(C)(C)C. The molecule has 5 nitrogen and oxygen atoms in total. The van der Waals surface area contributed by atoms with Crippen LogP contribution in [0.3, 0.4) is 0 Å². The Hall–Kier alpha value is -1.30. The number of aryl methyl sites for hydroxylation is 1. The Morgan fingerprint density at radius 3 is 2.71 bits per heavy atom. The fraction of sp³-hybridized carbons (Fsp3) is 0.667. The van der Waals surface area contributed by atoms with Crippen LogP contribution >= 0.6 is 11.8 Å². The number of allylic oxidation sites excluding steroid dienone is 1. The number of nitrogens with one attached hydrogen (secondary N) is 1. The van der Waals surface area contributed by atoms with Gasteiger partial charge in [-0.2, -0.15) is 0 Å². The number of amides is 1. The number of carbonyl (C=O) groups excluding carboxylic acids is 1. The molecular formula is C15H26N4OS. The number of hydrogen-bond acceptors (Lipinski definition) is 4. The maximum absolute atomic E-state index is 11.9. The van der Waals surface area contributed by atoms with Crippen molar-refractivity contribution in [2.75, 3.05) is 5.75 Å². The predicted octanol–water partition coefficient (Wildman–Crippen LogP) is 2.81. The zero-order valence-electron chi connectivity index (χ0n) is 13.5. The van der Waals surface area contributed by atoms with Gasteiger partial charge in [0.25, 0.3) is 0 Å². The molecule has 0 fully saturated rings. The van der Waals surface area contributed by atoms with Crippen molar-refractivity contribution in [3.05, 3.63) is 18.5 Å². The minimum atomic E-state index is -0.210. The highest BCUT2D eigenvalue weighted by molar-refractivity contribution is 7.99. The molecule has 1 aromatic rings. The first-order valence-electron chi connectivity index (χ1n) is 7.34. The van der Waals surface area contributed by atoms with Gasteiger partial charge in [0.05, 0.1) is 5.75 Å². The zero-order chi connectivity index (χ0) is 15.9. The third-order valence-electron chi connectivity index (χ3n) is 2.71. The molecule has 118 valence electrons. The summed E-state index contributed by atoms with van der Waals surface area (Å²) in [5.74, 6) is 1.33. The van der Waals surface area contributed by atoms with Crippen LogP contribution in [0.4, 0.5) is 0 Å². The molecule has 21 heavy (non-hydrogen) atoms. The molecule has 0 bridgehead atoms. The number of nitrogens with zero attached hydrogens (tertiary/aromatic N) is 3. The van der Waals surface area contributed by atoms with Crippen molar-refractivity contribution in [1.29, 1.82) is 0 Å². The van der Waals surface area contributed by atoms with Gasteiger partial charge in [-0.3, -0.25) is 4.79 Å². The summed E-state index contributed by atoms with van der Waals surface area (Å²) in [6, 6.07) is 0. The van der Waals surface area contributed by atoms with Crippen LogP contribution in [-0.2, 0) is 17.8 Å². The van der Waals surface area contributed by atoms with E-state index in [0.717, 1.165) is 30.2 Å². The van der Waals surface area contributed by atoms with E-state index in [-0.39, 0.29) is 11.4 Å². The van der Waals surface area contributed by atoms with E-state index in [1.54, 1.807) is 0 Å². The van der Waals surface area contributed by atoms with Crippen LogP contribution in [-0.4, -0.2) is 32.0 Å². The highest BCUT2D eigenvalue weighted by Crippen LogP contribution is 2.18. The van der Waals surface area contributed by atoms with Gasteiger partial charge in [0.15, 0.2) is 5.16 Å². The second kappa shape index (κ2) is 8.22. The number of carbonyl (C=O) groups is 1. The fourth-order valence-corrected chi connectivity index (χ4v) is 2.61. The van der Waals surface area contributed by atoms with Crippen LogP contribution in [0, 0.1) is 0 Å². The fourth-order valence-electron chi connectivity index (χ4n) is 1.84. The highest BCUT2D eigenvalue weighted by Gasteiger charge is 2.16. The summed E-state index contributed by atoms with van der Waals surface area (Å²) in [5.41, 5.74) is -0.210. The summed E-state index contributed by atoms with van der Waals surface area (Å²) in [6.45, 7) is 12.5. The molecule has 0 radical (unpaired) electrons. The molecule has 0 aliphatic rings. The molecule has 1 N–H and O–H groups in total. The summed E-state index contributed by atoms with van der Waals surface area (Å²) in [6.07, 6.45) is 4.95. The third kappa shape index (κ3) is 6.33. The molecule has 1 aromatic heterocycles. The van der Waals surface area contributed by atoms with Crippen LogP contribution in [0.25, 0.3) is 0 Å². The maximum atomic E-state index is 11.9. The first kappa shape index (κ1) is 17.8. The Labute approximate surface area is 131 Å². The topological polar surface area (TPSA) is 59.8 Å². The Kier molecular flexibility index (Phi) is 6.95. The average molecular weight is 310 g/mol. The van der Waals surface area contributed by atoms with Gasteiger partial charge < -0.3 is 9.88 Å². The van der Waals surface area contributed by atoms with Gasteiger partial charge in [-0.25, -0.2) is 0 Å². The van der Waals surface area contributed by atoms with Crippen molar-refractivity contribution in [1.82, 2.24) is 20.1 Å². The van der Waals surface area contributed by atoms with Crippen molar-refractivity contribution in [3.8, 4) is 0 Å². The van der Waals surface area contributed by atoms with Crippen molar-refractivity contribution >= 4 is 17.7 Å². The van der Waals surface area contributed by atoms with Gasteiger partial charge in [0.2, 0.25) is 5.91 Å². The molecular weight excluding hydrogens is 284 g/mol. The summed E-state index contributed by atoms with van der Waals surface area (Å²) >= 11 is 1.42. The van der Waals surface area contributed by atoms with Gasteiger partial charge in [0.1, 0.15) is 5.82 Å². The first-order chi connectivity index (χ1) is 9.87. The number of aromatic nitrogens is 3. The van der Waals surface area contributed by atoms with E-state index in [1.165, 1.54) is 11.8 Å². The van der Waals surface area contributed by atoms with Gasteiger partial charge in [-0.05, 0) is 27.2 Å². The number of hydrogen-bond donors (Lipinski definition) is 1. The minimum absolute atomic E-state index is 0.00996. The normalized spacial score (nSPS) is 11.4. The van der Waals surface area contributed by atoms with Gasteiger partial charge in [-0.15, -0.1) is 16.8 Å². The second-order valence-electron chi connectivity index (χ2n) is 5.99. The lowest BCUT2D eigenvalue weighted by Gasteiger charge is -2.20. The number of rotatable bonds is 8. The van der Waals surface area contributed by atoms with Crippen molar-refractivity contribution in [3.63, 3.8) is 0 Å². The van der Waals surface area contributed by atoms with Crippen LogP contribution in [0.5, 0.6) is 0 Å². The number of thioether (sulfide) groups is 1. The van der Waals surface area contributed by atoms with Crippen LogP contribution in [0.1, 0.15) is 46.4 Å². The Morgan fingerprint density at radius 1 is 1.43 bits per heavy atom. The lowest BCUT2D eigenvalue weighted by atomic mass is 10.1.